The second-order valence-corrected chi connectivity index (χ2v) is 8.43. The number of benzene rings is 1. The molecule has 1 saturated heterocycles. The standard InChI is InChI=1S/C22H34N2O.ClH/c1-3-23(4-2)13-14-24-12-11-22-10-6-5-7-19(22)21(24)15-17-8-9-18(25)16-20(17)22;/h8-9,16,19,21,25H,3-7,10-15H2,1-2H3;1H/t19-,21-,22+;/m0./s1. The molecule has 1 aromatic carbocycles. The molecule has 0 spiro atoms. The monoisotopic (exact) mass is 378 g/mol. The van der Waals surface area contributed by atoms with Crippen molar-refractivity contribution in [2.75, 3.05) is 32.7 Å². The van der Waals surface area contributed by atoms with Crippen LogP contribution in [0.15, 0.2) is 18.2 Å². The van der Waals surface area contributed by atoms with Crippen molar-refractivity contribution in [2.24, 2.45) is 5.92 Å². The van der Waals surface area contributed by atoms with E-state index in [1.165, 1.54) is 69.3 Å². The van der Waals surface area contributed by atoms with Crippen LogP contribution in [0.2, 0.25) is 0 Å². The number of nitrogens with zero attached hydrogens (tertiary/aromatic N) is 2. The summed E-state index contributed by atoms with van der Waals surface area (Å²) >= 11 is 0. The number of likely N-dealkylation sites (tertiary alicyclic amines) is 1. The van der Waals surface area contributed by atoms with Gasteiger partial charge >= 0.3 is 0 Å². The molecule has 3 atom stereocenters. The summed E-state index contributed by atoms with van der Waals surface area (Å²) in [5.41, 5.74) is 3.35. The number of aromatic hydroxyl groups is 1. The van der Waals surface area contributed by atoms with Gasteiger partial charge in [0.2, 0.25) is 0 Å². The summed E-state index contributed by atoms with van der Waals surface area (Å²) in [6, 6.07) is 6.92. The molecule has 0 unspecified atom stereocenters. The molecule has 3 aliphatic rings. The fourth-order valence-electron chi connectivity index (χ4n) is 6.16. The highest BCUT2D eigenvalue weighted by molar-refractivity contribution is 5.85. The van der Waals surface area contributed by atoms with Crippen molar-refractivity contribution < 1.29 is 5.11 Å². The van der Waals surface area contributed by atoms with E-state index in [2.05, 4.69) is 35.8 Å². The molecule has 2 bridgehead atoms. The van der Waals surface area contributed by atoms with E-state index in [0.29, 0.717) is 17.2 Å². The zero-order chi connectivity index (χ0) is 17.4. The molecule has 1 aromatic rings. The van der Waals surface area contributed by atoms with Crippen molar-refractivity contribution in [2.45, 2.75) is 63.8 Å². The Morgan fingerprint density at radius 3 is 2.77 bits per heavy atom. The van der Waals surface area contributed by atoms with Crippen LogP contribution in [0.4, 0.5) is 0 Å². The molecule has 26 heavy (non-hydrogen) atoms. The van der Waals surface area contributed by atoms with Crippen LogP contribution in [0.1, 0.15) is 57.1 Å². The number of piperidine rings is 1. The van der Waals surface area contributed by atoms with E-state index in [1.54, 1.807) is 0 Å². The van der Waals surface area contributed by atoms with Gasteiger partial charge in [-0.1, -0.05) is 32.8 Å². The van der Waals surface area contributed by atoms with Crippen LogP contribution in [-0.2, 0) is 11.8 Å². The van der Waals surface area contributed by atoms with E-state index < -0.39 is 0 Å². The molecule has 1 saturated carbocycles. The number of phenols is 1. The van der Waals surface area contributed by atoms with Gasteiger partial charge in [0.1, 0.15) is 5.75 Å². The molecule has 3 nitrogen and oxygen atoms in total. The molecule has 146 valence electrons. The lowest BCUT2D eigenvalue weighted by Crippen LogP contribution is -2.61. The van der Waals surface area contributed by atoms with E-state index in [9.17, 15) is 5.11 Å². The quantitative estimate of drug-likeness (QED) is 0.831. The molecule has 0 aromatic heterocycles. The number of halogens is 1. The maximum absolute atomic E-state index is 10.1. The molecule has 1 aliphatic heterocycles. The van der Waals surface area contributed by atoms with Crippen LogP contribution >= 0.6 is 12.4 Å². The van der Waals surface area contributed by atoms with Crippen molar-refractivity contribution in [1.82, 2.24) is 9.80 Å². The third-order valence-electron chi connectivity index (χ3n) is 7.53. The Kier molecular flexibility index (Phi) is 6.21. The molecule has 0 amide bonds. The summed E-state index contributed by atoms with van der Waals surface area (Å²) < 4.78 is 0. The van der Waals surface area contributed by atoms with E-state index in [1.807, 2.05) is 6.07 Å². The van der Waals surface area contributed by atoms with Gasteiger partial charge in [0.25, 0.3) is 0 Å². The summed E-state index contributed by atoms with van der Waals surface area (Å²) in [4.78, 5) is 5.36. The van der Waals surface area contributed by atoms with Gasteiger partial charge in [-0.15, -0.1) is 12.4 Å². The molecule has 1 heterocycles. The number of rotatable bonds is 5. The Labute approximate surface area is 165 Å². The van der Waals surface area contributed by atoms with Crippen molar-refractivity contribution in [1.29, 1.82) is 0 Å². The summed E-state index contributed by atoms with van der Waals surface area (Å²) in [7, 11) is 0. The molecular formula is C22H35ClN2O. The SMILES string of the molecule is CCN(CC)CCN1CC[C@]23CCCC[C@H]2[C@@H]1Cc1ccc(O)cc13.Cl. The molecule has 1 N–H and O–H groups in total. The number of likely N-dealkylation sites (N-methyl/N-ethyl adjacent to an activating group) is 1. The predicted molar refractivity (Wildman–Crippen MR) is 110 cm³/mol. The van der Waals surface area contributed by atoms with Crippen molar-refractivity contribution >= 4 is 12.4 Å². The first-order valence-corrected chi connectivity index (χ1v) is 10.5. The topological polar surface area (TPSA) is 26.7 Å². The first-order chi connectivity index (χ1) is 12.2. The highest BCUT2D eigenvalue weighted by Crippen LogP contribution is 2.56. The molecular weight excluding hydrogens is 344 g/mol. The van der Waals surface area contributed by atoms with Crippen LogP contribution in [0, 0.1) is 5.92 Å². The molecule has 4 heteroatoms. The summed E-state index contributed by atoms with van der Waals surface area (Å²) in [5, 5.41) is 10.1. The largest absolute Gasteiger partial charge is 0.508 e. The lowest BCUT2D eigenvalue weighted by Gasteiger charge is -2.59. The second kappa shape index (κ2) is 8.08. The van der Waals surface area contributed by atoms with Gasteiger partial charge in [-0.2, -0.15) is 0 Å². The average Bonchev–Trinajstić information content (AvgIpc) is 2.64. The number of hydrogen-bond donors (Lipinski definition) is 1. The van der Waals surface area contributed by atoms with Gasteiger partial charge < -0.3 is 10.0 Å². The Balaban J connectivity index is 0.00000196. The van der Waals surface area contributed by atoms with E-state index >= 15 is 0 Å². The van der Waals surface area contributed by atoms with E-state index in [4.69, 9.17) is 0 Å². The van der Waals surface area contributed by atoms with Gasteiger partial charge in [-0.25, -0.2) is 0 Å². The maximum atomic E-state index is 10.1. The lowest BCUT2D eigenvalue weighted by molar-refractivity contribution is -0.0146. The van der Waals surface area contributed by atoms with Crippen LogP contribution in [0.5, 0.6) is 5.75 Å². The number of fused-ring (bicyclic) bond motifs is 1. The number of phenolic OH excluding ortho intramolecular Hbond substituents is 1. The zero-order valence-corrected chi connectivity index (χ0v) is 17.2. The average molecular weight is 379 g/mol. The molecule has 4 rings (SSSR count). The van der Waals surface area contributed by atoms with Crippen LogP contribution in [0.25, 0.3) is 0 Å². The van der Waals surface area contributed by atoms with Gasteiger partial charge in [0, 0.05) is 24.5 Å². The smallest absolute Gasteiger partial charge is 0.115 e. The molecule has 0 radical (unpaired) electrons. The summed E-state index contributed by atoms with van der Waals surface area (Å²) in [5.74, 6) is 1.25. The fourth-order valence-corrected chi connectivity index (χ4v) is 6.16. The summed E-state index contributed by atoms with van der Waals surface area (Å²) in [6.45, 7) is 10.5. The van der Waals surface area contributed by atoms with Gasteiger partial charge in [0.05, 0.1) is 0 Å². The van der Waals surface area contributed by atoms with E-state index in [-0.39, 0.29) is 12.4 Å². The highest BCUT2D eigenvalue weighted by atomic mass is 35.5. The zero-order valence-electron chi connectivity index (χ0n) is 16.4. The van der Waals surface area contributed by atoms with Crippen LogP contribution in [-0.4, -0.2) is 53.7 Å². The first-order valence-electron chi connectivity index (χ1n) is 10.5. The Hall–Kier alpha value is -0.770. The van der Waals surface area contributed by atoms with E-state index in [0.717, 1.165) is 19.0 Å². The third-order valence-corrected chi connectivity index (χ3v) is 7.53. The van der Waals surface area contributed by atoms with Crippen molar-refractivity contribution in [3.63, 3.8) is 0 Å². The maximum Gasteiger partial charge on any atom is 0.115 e. The van der Waals surface area contributed by atoms with Gasteiger partial charge in [-0.05, 0) is 74.5 Å². The number of hydrogen-bond acceptors (Lipinski definition) is 3. The Morgan fingerprint density at radius 1 is 1.19 bits per heavy atom. The van der Waals surface area contributed by atoms with Gasteiger partial charge in [0.15, 0.2) is 0 Å². The minimum Gasteiger partial charge on any atom is -0.508 e. The van der Waals surface area contributed by atoms with Gasteiger partial charge in [-0.3, -0.25) is 4.90 Å². The molecule has 2 fully saturated rings. The van der Waals surface area contributed by atoms with Crippen LogP contribution in [0.3, 0.4) is 0 Å². The Morgan fingerprint density at radius 2 is 2.00 bits per heavy atom. The highest BCUT2D eigenvalue weighted by Gasteiger charge is 2.53. The summed E-state index contributed by atoms with van der Waals surface area (Å²) in [6.07, 6.45) is 7.91. The second-order valence-electron chi connectivity index (χ2n) is 8.43. The third kappa shape index (κ3) is 3.27. The Bertz CT molecular complexity index is 618. The fraction of sp³-hybridized carbons (Fsp3) is 0.727. The van der Waals surface area contributed by atoms with Crippen molar-refractivity contribution in [3.8, 4) is 5.75 Å². The minimum atomic E-state index is 0. The van der Waals surface area contributed by atoms with Crippen LogP contribution < -0.4 is 0 Å². The normalized spacial score (nSPS) is 30.4. The lowest BCUT2D eigenvalue weighted by atomic mass is 9.52. The van der Waals surface area contributed by atoms with Crippen molar-refractivity contribution in [3.05, 3.63) is 29.3 Å². The molecule has 2 aliphatic carbocycles. The predicted octanol–water partition coefficient (Wildman–Crippen LogP) is 4.21. The minimum absolute atomic E-state index is 0. The first kappa shape index (κ1) is 20.0.